The summed E-state index contributed by atoms with van der Waals surface area (Å²) in [5.41, 5.74) is 7.93. The number of ether oxygens (including phenoxy) is 3. The third kappa shape index (κ3) is 3.89. The first-order valence-electron chi connectivity index (χ1n) is 6.83. The molecule has 0 fully saturated rings. The number of hydrogen-bond donors (Lipinski definition) is 1. The molecule has 0 heterocycles. The lowest BCUT2D eigenvalue weighted by atomic mass is 10.1. The van der Waals surface area contributed by atoms with Gasteiger partial charge in [-0.25, -0.2) is 0 Å². The van der Waals surface area contributed by atoms with E-state index in [0.29, 0.717) is 18.1 Å². The summed E-state index contributed by atoms with van der Waals surface area (Å²) in [7, 11) is 3.24. The van der Waals surface area contributed by atoms with Gasteiger partial charge in [0.1, 0.15) is 12.4 Å². The van der Waals surface area contributed by atoms with Gasteiger partial charge in [-0.1, -0.05) is 18.2 Å². The van der Waals surface area contributed by atoms with E-state index in [-0.39, 0.29) is 6.04 Å². The number of benzene rings is 2. The highest BCUT2D eigenvalue weighted by atomic mass is 16.5. The van der Waals surface area contributed by atoms with Gasteiger partial charge in [0.15, 0.2) is 11.5 Å². The zero-order valence-electron chi connectivity index (χ0n) is 12.6. The van der Waals surface area contributed by atoms with E-state index in [1.54, 1.807) is 14.2 Å². The van der Waals surface area contributed by atoms with Crippen molar-refractivity contribution >= 4 is 0 Å². The fraction of sp³-hybridized carbons (Fsp3) is 0.294. The highest BCUT2D eigenvalue weighted by Gasteiger charge is 2.05. The molecule has 21 heavy (non-hydrogen) atoms. The van der Waals surface area contributed by atoms with Gasteiger partial charge in [-0.3, -0.25) is 0 Å². The summed E-state index contributed by atoms with van der Waals surface area (Å²) in [6.07, 6.45) is 0. The van der Waals surface area contributed by atoms with Crippen molar-refractivity contribution in [2.45, 2.75) is 19.6 Å². The van der Waals surface area contributed by atoms with Crippen LogP contribution in [0.4, 0.5) is 0 Å². The molecule has 0 amide bonds. The molecule has 0 bridgehead atoms. The van der Waals surface area contributed by atoms with Gasteiger partial charge in [0, 0.05) is 6.04 Å². The van der Waals surface area contributed by atoms with Crippen LogP contribution in [0.1, 0.15) is 24.1 Å². The number of rotatable bonds is 6. The Hall–Kier alpha value is -2.20. The second-order valence-electron chi connectivity index (χ2n) is 4.84. The maximum atomic E-state index is 5.82. The van der Waals surface area contributed by atoms with Crippen LogP contribution in [0, 0.1) is 0 Å². The molecule has 0 aliphatic heterocycles. The van der Waals surface area contributed by atoms with Crippen LogP contribution in [-0.2, 0) is 6.61 Å². The summed E-state index contributed by atoms with van der Waals surface area (Å²) in [5, 5.41) is 0. The fourth-order valence-electron chi connectivity index (χ4n) is 2.00. The Balaban J connectivity index is 2.02. The van der Waals surface area contributed by atoms with Crippen LogP contribution in [0.25, 0.3) is 0 Å². The van der Waals surface area contributed by atoms with Crippen molar-refractivity contribution in [3.05, 3.63) is 53.6 Å². The summed E-state index contributed by atoms with van der Waals surface area (Å²) >= 11 is 0. The Morgan fingerprint density at radius 2 is 1.62 bits per heavy atom. The lowest BCUT2D eigenvalue weighted by molar-refractivity contribution is 0.303. The molecule has 0 aliphatic carbocycles. The first-order valence-corrected chi connectivity index (χ1v) is 6.83. The largest absolute Gasteiger partial charge is 0.493 e. The summed E-state index contributed by atoms with van der Waals surface area (Å²) in [5.74, 6) is 2.22. The lowest BCUT2D eigenvalue weighted by Crippen LogP contribution is -2.04. The highest BCUT2D eigenvalue weighted by molar-refractivity contribution is 5.42. The summed E-state index contributed by atoms with van der Waals surface area (Å²) in [6.45, 7) is 2.43. The van der Waals surface area contributed by atoms with Gasteiger partial charge in [-0.05, 0) is 42.3 Å². The van der Waals surface area contributed by atoms with E-state index in [2.05, 4.69) is 0 Å². The van der Waals surface area contributed by atoms with Crippen LogP contribution in [0.5, 0.6) is 17.2 Å². The molecule has 0 aliphatic rings. The molecule has 2 aromatic carbocycles. The quantitative estimate of drug-likeness (QED) is 0.885. The predicted octanol–water partition coefficient (Wildman–Crippen LogP) is 3.30. The number of hydrogen-bond acceptors (Lipinski definition) is 4. The first kappa shape index (κ1) is 15.2. The van der Waals surface area contributed by atoms with Crippen molar-refractivity contribution < 1.29 is 14.2 Å². The van der Waals surface area contributed by atoms with Crippen molar-refractivity contribution in [3.63, 3.8) is 0 Å². The summed E-state index contributed by atoms with van der Waals surface area (Å²) < 4.78 is 16.3. The smallest absolute Gasteiger partial charge is 0.161 e. The van der Waals surface area contributed by atoms with Gasteiger partial charge in [0.05, 0.1) is 14.2 Å². The zero-order chi connectivity index (χ0) is 15.2. The Morgan fingerprint density at radius 3 is 2.19 bits per heavy atom. The van der Waals surface area contributed by atoms with Gasteiger partial charge in [0.2, 0.25) is 0 Å². The van der Waals surface area contributed by atoms with Gasteiger partial charge in [0.25, 0.3) is 0 Å². The van der Waals surface area contributed by atoms with E-state index in [0.717, 1.165) is 16.9 Å². The van der Waals surface area contributed by atoms with Crippen LogP contribution in [0.15, 0.2) is 42.5 Å². The summed E-state index contributed by atoms with van der Waals surface area (Å²) in [4.78, 5) is 0. The summed E-state index contributed by atoms with van der Waals surface area (Å²) in [6, 6.07) is 13.6. The fourth-order valence-corrected chi connectivity index (χ4v) is 2.00. The topological polar surface area (TPSA) is 53.7 Å². The molecule has 2 rings (SSSR count). The normalized spacial score (nSPS) is 11.8. The minimum atomic E-state index is 0.0323. The second kappa shape index (κ2) is 6.99. The molecule has 0 aromatic heterocycles. The number of nitrogens with two attached hydrogens (primary N) is 1. The molecule has 0 radical (unpaired) electrons. The minimum absolute atomic E-state index is 0.0323. The second-order valence-corrected chi connectivity index (χ2v) is 4.84. The average Bonchev–Trinajstić information content (AvgIpc) is 2.52. The van der Waals surface area contributed by atoms with Crippen LogP contribution in [0.3, 0.4) is 0 Å². The molecular formula is C17H21NO3. The number of methoxy groups -OCH3 is 2. The zero-order valence-corrected chi connectivity index (χ0v) is 12.6. The van der Waals surface area contributed by atoms with E-state index in [1.165, 1.54) is 0 Å². The van der Waals surface area contributed by atoms with Gasteiger partial charge >= 0.3 is 0 Å². The van der Waals surface area contributed by atoms with Gasteiger partial charge in [-0.15, -0.1) is 0 Å². The molecular weight excluding hydrogens is 266 g/mol. The van der Waals surface area contributed by atoms with E-state index in [4.69, 9.17) is 19.9 Å². The molecule has 0 saturated carbocycles. The Bertz CT molecular complexity index is 579. The van der Waals surface area contributed by atoms with Crippen molar-refractivity contribution in [2.24, 2.45) is 5.73 Å². The third-order valence-corrected chi connectivity index (χ3v) is 3.26. The molecule has 112 valence electrons. The molecule has 0 saturated heterocycles. The molecule has 0 unspecified atom stereocenters. The van der Waals surface area contributed by atoms with Crippen molar-refractivity contribution in [2.75, 3.05) is 14.2 Å². The van der Waals surface area contributed by atoms with Crippen LogP contribution < -0.4 is 19.9 Å². The molecule has 4 nitrogen and oxygen atoms in total. The van der Waals surface area contributed by atoms with E-state index in [1.807, 2.05) is 49.4 Å². The van der Waals surface area contributed by atoms with Crippen molar-refractivity contribution in [1.29, 1.82) is 0 Å². The van der Waals surface area contributed by atoms with Crippen LogP contribution >= 0.6 is 0 Å². The van der Waals surface area contributed by atoms with Gasteiger partial charge < -0.3 is 19.9 Å². The molecule has 0 spiro atoms. The molecule has 1 atom stereocenters. The average molecular weight is 287 g/mol. The van der Waals surface area contributed by atoms with E-state index >= 15 is 0 Å². The molecule has 4 heteroatoms. The van der Waals surface area contributed by atoms with Gasteiger partial charge in [-0.2, -0.15) is 0 Å². The minimum Gasteiger partial charge on any atom is -0.493 e. The standard InChI is InChI=1S/C17H21NO3/c1-12(18)14-5-7-15(8-6-14)21-11-13-4-9-16(19-2)17(10-13)20-3/h4-10,12H,11,18H2,1-3H3/t12-/m1/s1. The predicted molar refractivity (Wildman–Crippen MR) is 82.9 cm³/mol. The SMILES string of the molecule is COc1ccc(COc2ccc([C@@H](C)N)cc2)cc1OC. The van der Waals surface area contributed by atoms with E-state index in [9.17, 15) is 0 Å². The maximum Gasteiger partial charge on any atom is 0.161 e. The Labute approximate surface area is 125 Å². The lowest BCUT2D eigenvalue weighted by Gasteiger charge is -2.11. The Kier molecular flexibility index (Phi) is 5.06. The first-order chi connectivity index (χ1) is 10.1. The van der Waals surface area contributed by atoms with E-state index < -0.39 is 0 Å². The third-order valence-electron chi connectivity index (χ3n) is 3.26. The molecule has 2 aromatic rings. The maximum absolute atomic E-state index is 5.82. The Morgan fingerprint density at radius 1 is 0.952 bits per heavy atom. The van der Waals surface area contributed by atoms with Crippen molar-refractivity contribution in [3.8, 4) is 17.2 Å². The van der Waals surface area contributed by atoms with Crippen molar-refractivity contribution in [1.82, 2.24) is 0 Å². The monoisotopic (exact) mass is 287 g/mol. The highest BCUT2D eigenvalue weighted by Crippen LogP contribution is 2.28. The molecule has 2 N–H and O–H groups in total. The van der Waals surface area contributed by atoms with Crippen LogP contribution in [0.2, 0.25) is 0 Å². The van der Waals surface area contributed by atoms with Crippen LogP contribution in [-0.4, -0.2) is 14.2 Å².